The maximum atomic E-state index is 11.1. The Bertz CT molecular complexity index is 400. The Hall–Kier alpha value is -2.04. The monoisotopic (exact) mass is 238 g/mol. The van der Waals surface area contributed by atoms with Gasteiger partial charge in [0.05, 0.1) is 19.3 Å². The van der Waals surface area contributed by atoms with Gasteiger partial charge in [-0.2, -0.15) is 0 Å². The summed E-state index contributed by atoms with van der Waals surface area (Å²) in [5.74, 6) is 0.183. The van der Waals surface area contributed by atoms with Crippen molar-refractivity contribution in [1.29, 1.82) is 0 Å². The summed E-state index contributed by atoms with van der Waals surface area (Å²) in [6, 6.07) is 4.86. The number of ether oxygens (including phenoxy) is 3. The van der Waals surface area contributed by atoms with Crippen molar-refractivity contribution in [3.8, 4) is 11.5 Å². The van der Waals surface area contributed by atoms with E-state index in [2.05, 4.69) is 0 Å². The molecule has 0 radical (unpaired) electrons. The summed E-state index contributed by atoms with van der Waals surface area (Å²) in [5.41, 5.74) is 0.369. The minimum atomic E-state index is -0.467. The van der Waals surface area contributed by atoms with Crippen LogP contribution in [0.4, 0.5) is 0 Å². The van der Waals surface area contributed by atoms with Crippen molar-refractivity contribution in [3.63, 3.8) is 0 Å². The van der Waals surface area contributed by atoms with Crippen LogP contribution in [0.2, 0.25) is 0 Å². The Morgan fingerprint density at radius 3 is 2.76 bits per heavy atom. The average molecular weight is 238 g/mol. The Morgan fingerprint density at radius 1 is 1.41 bits per heavy atom. The molecule has 0 fully saturated rings. The largest absolute Gasteiger partial charge is 0.492 e. The van der Waals surface area contributed by atoms with Gasteiger partial charge in [-0.15, -0.1) is 0 Å². The lowest BCUT2D eigenvalue weighted by molar-refractivity contribution is -0.145. The van der Waals surface area contributed by atoms with Crippen LogP contribution in [0, 0.1) is 0 Å². The first-order valence-corrected chi connectivity index (χ1v) is 5.13. The Kier molecular flexibility index (Phi) is 5.00. The zero-order valence-corrected chi connectivity index (χ0v) is 9.76. The highest BCUT2D eigenvalue weighted by Crippen LogP contribution is 2.29. The second-order valence-corrected chi connectivity index (χ2v) is 3.09. The van der Waals surface area contributed by atoms with Gasteiger partial charge < -0.3 is 14.2 Å². The molecule has 1 aromatic rings. The van der Waals surface area contributed by atoms with Gasteiger partial charge in [0.25, 0.3) is 0 Å². The van der Waals surface area contributed by atoms with Gasteiger partial charge in [-0.25, -0.2) is 4.79 Å². The lowest BCUT2D eigenvalue weighted by Crippen LogP contribution is -2.15. The number of aldehydes is 1. The second kappa shape index (κ2) is 6.52. The molecule has 0 N–H and O–H groups in total. The first-order chi connectivity index (χ1) is 8.22. The summed E-state index contributed by atoms with van der Waals surface area (Å²) in [6.07, 6.45) is 0.663. The lowest BCUT2D eigenvalue weighted by Gasteiger charge is -2.11. The quantitative estimate of drug-likeness (QED) is 0.554. The lowest BCUT2D eigenvalue weighted by atomic mass is 10.2. The summed E-state index contributed by atoms with van der Waals surface area (Å²) in [6.45, 7) is 1.80. The Morgan fingerprint density at radius 2 is 2.18 bits per heavy atom. The molecule has 17 heavy (non-hydrogen) atoms. The molecule has 0 aliphatic carbocycles. The van der Waals surface area contributed by atoms with Crippen molar-refractivity contribution in [1.82, 2.24) is 0 Å². The molecule has 5 heteroatoms. The molecular weight excluding hydrogens is 224 g/mol. The van der Waals surface area contributed by atoms with Crippen LogP contribution in [0.25, 0.3) is 0 Å². The number of para-hydroxylation sites is 1. The molecule has 92 valence electrons. The predicted octanol–water partition coefficient (Wildman–Crippen LogP) is 1.45. The van der Waals surface area contributed by atoms with Crippen molar-refractivity contribution < 1.29 is 23.8 Å². The molecule has 0 saturated heterocycles. The highest BCUT2D eigenvalue weighted by atomic mass is 16.6. The molecule has 0 aliphatic rings. The highest BCUT2D eigenvalue weighted by Gasteiger charge is 2.11. The zero-order chi connectivity index (χ0) is 12.7. The summed E-state index contributed by atoms with van der Waals surface area (Å²) in [4.78, 5) is 21.9. The third-order valence-electron chi connectivity index (χ3n) is 1.99. The topological polar surface area (TPSA) is 61.8 Å². The third-order valence-corrected chi connectivity index (χ3v) is 1.99. The van der Waals surface area contributed by atoms with Crippen molar-refractivity contribution in [2.75, 3.05) is 20.3 Å². The van der Waals surface area contributed by atoms with Crippen LogP contribution in [0.15, 0.2) is 18.2 Å². The number of carbonyl (C=O) groups excluding carboxylic acids is 2. The maximum Gasteiger partial charge on any atom is 0.344 e. The van der Waals surface area contributed by atoms with Gasteiger partial charge in [-0.1, -0.05) is 6.07 Å². The Labute approximate surface area is 99.3 Å². The van der Waals surface area contributed by atoms with Crippen molar-refractivity contribution in [2.45, 2.75) is 6.92 Å². The van der Waals surface area contributed by atoms with E-state index in [-0.39, 0.29) is 6.61 Å². The van der Waals surface area contributed by atoms with Gasteiger partial charge in [0.2, 0.25) is 0 Å². The smallest absolute Gasteiger partial charge is 0.344 e. The first kappa shape index (κ1) is 13.0. The van der Waals surface area contributed by atoms with E-state index in [1.54, 1.807) is 25.1 Å². The summed E-state index contributed by atoms with van der Waals surface area (Å²) >= 11 is 0. The molecule has 0 spiro atoms. The number of benzene rings is 1. The summed E-state index contributed by atoms with van der Waals surface area (Å²) < 4.78 is 15.0. The minimum absolute atomic E-state index is 0.216. The molecule has 1 rings (SSSR count). The van der Waals surface area contributed by atoms with E-state index in [1.165, 1.54) is 7.11 Å². The van der Waals surface area contributed by atoms with Gasteiger partial charge in [0.1, 0.15) is 0 Å². The fourth-order valence-corrected chi connectivity index (χ4v) is 1.30. The van der Waals surface area contributed by atoms with Crippen molar-refractivity contribution >= 4 is 12.3 Å². The van der Waals surface area contributed by atoms with E-state index < -0.39 is 5.97 Å². The number of rotatable bonds is 6. The fraction of sp³-hybridized carbons (Fsp3) is 0.333. The van der Waals surface area contributed by atoms with Gasteiger partial charge in [-0.3, -0.25) is 4.79 Å². The van der Waals surface area contributed by atoms with E-state index in [1.807, 2.05) is 0 Å². The third kappa shape index (κ3) is 3.48. The zero-order valence-electron chi connectivity index (χ0n) is 9.76. The molecule has 1 aromatic carbocycles. The predicted molar refractivity (Wildman–Crippen MR) is 60.5 cm³/mol. The number of carbonyl (C=O) groups is 2. The van der Waals surface area contributed by atoms with Crippen LogP contribution < -0.4 is 9.47 Å². The van der Waals surface area contributed by atoms with E-state index in [4.69, 9.17) is 14.2 Å². The molecule has 0 saturated carbocycles. The SMILES string of the molecule is CCOC(=O)COc1cccc(C=O)c1OC. The molecule has 0 aromatic heterocycles. The molecule has 0 heterocycles. The van der Waals surface area contributed by atoms with Crippen molar-refractivity contribution in [2.24, 2.45) is 0 Å². The van der Waals surface area contributed by atoms with Crippen LogP contribution in [0.1, 0.15) is 17.3 Å². The minimum Gasteiger partial charge on any atom is -0.492 e. The number of hydrogen-bond acceptors (Lipinski definition) is 5. The van der Waals surface area contributed by atoms with Gasteiger partial charge in [-0.05, 0) is 19.1 Å². The van der Waals surface area contributed by atoms with Crippen LogP contribution in [-0.2, 0) is 9.53 Å². The molecule has 0 bridgehead atoms. The number of hydrogen-bond donors (Lipinski definition) is 0. The van der Waals surface area contributed by atoms with Gasteiger partial charge in [0, 0.05) is 0 Å². The molecule has 0 unspecified atom stereocenters. The van der Waals surface area contributed by atoms with Gasteiger partial charge in [0.15, 0.2) is 24.4 Å². The molecule has 0 atom stereocenters. The first-order valence-electron chi connectivity index (χ1n) is 5.13. The average Bonchev–Trinajstić information content (AvgIpc) is 2.36. The van der Waals surface area contributed by atoms with Crippen LogP contribution in [-0.4, -0.2) is 32.6 Å². The molecule has 0 amide bonds. The van der Waals surface area contributed by atoms with Crippen LogP contribution >= 0.6 is 0 Å². The van der Waals surface area contributed by atoms with Crippen molar-refractivity contribution in [3.05, 3.63) is 23.8 Å². The summed E-state index contributed by atoms with van der Waals surface area (Å²) in [5, 5.41) is 0. The van der Waals surface area contributed by atoms with E-state index in [0.29, 0.717) is 30.0 Å². The molecule has 5 nitrogen and oxygen atoms in total. The van der Waals surface area contributed by atoms with Crippen LogP contribution in [0.5, 0.6) is 11.5 Å². The van der Waals surface area contributed by atoms with Crippen LogP contribution in [0.3, 0.4) is 0 Å². The molecule has 0 aliphatic heterocycles. The van der Waals surface area contributed by atoms with E-state index in [9.17, 15) is 9.59 Å². The summed E-state index contributed by atoms with van der Waals surface area (Å²) in [7, 11) is 1.43. The Balaban J connectivity index is 2.76. The van der Waals surface area contributed by atoms with E-state index in [0.717, 1.165) is 0 Å². The normalized spacial score (nSPS) is 9.53. The van der Waals surface area contributed by atoms with E-state index >= 15 is 0 Å². The second-order valence-electron chi connectivity index (χ2n) is 3.09. The maximum absolute atomic E-state index is 11.1. The van der Waals surface area contributed by atoms with Gasteiger partial charge >= 0.3 is 5.97 Å². The standard InChI is InChI=1S/C12H14O5/c1-3-16-11(14)8-17-10-6-4-5-9(7-13)12(10)15-2/h4-7H,3,8H2,1-2H3. The number of esters is 1. The number of methoxy groups -OCH3 is 1. The molecular formula is C12H14O5. The highest BCUT2D eigenvalue weighted by molar-refractivity contribution is 5.81. The fourth-order valence-electron chi connectivity index (χ4n) is 1.30.